The third-order valence-corrected chi connectivity index (χ3v) is 3.55. The highest BCUT2D eigenvalue weighted by atomic mass is 16.5. The molecule has 4 heteroatoms. The van der Waals surface area contributed by atoms with Crippen LogP contribution in [0.25, 0.3) is 0 Å². The summed E-state index contributed by atoms with van der Waals surface area (Å²) in [4.78, 5) is 10.8. The second-order valence-corrected chi connectivity index (χ2v) is 5.41. The van der Waals surface area contributed by atoms with Crippen LogP contribution in [0.2, 0.25) is 0 Å². The minimum absolute atomic E-state index is 0.465. The van der Waals surface area contributed by atoms with Crippen molar-refractivity contribution in [1.82, 2.24) is 0 Å². The van der Waals surface area contributed by atoms with Gasteiger partial charge in [-0.1, -0.05) is 19.3 Å². The number of nitrogens with two attached hydrogens (primary N) is 1. The third kappa shape index (κ3) is 5.50. The summed E-state index contributed by atoms with van der Waals surface area (Å²) in [6, 6.07) is 0. The number of carboxylic acids is 1. The molecular formula is C13H25NO3. The fourth-order valence-electron chi connectivity index (χ4n) is 2.25. The molecule has 0 aromatic carbocycles. The Morgan fingerprint density at radius 3 is 2.65 bits per heavy atom. The van der Waals surface area contributed by atoms with Crippen LogP contribution in [0, 0.1) is 5.92 Å². The van der Waals surface area contributed by atoms with E-state index < -0.39 is 11.5 Å². The molecule has 0 radical (unpaired) electrons. The van der Waals surface area contributed by atoms with Crippen molar-refractivity contribution in [3.63, 3.8) is 0 Å². The summed E-state index contributed by atoms with van der Waals surface area (Å²) >= 11 is 0. The van der Waals surface area contributed by atoms with Crippen LogP contribution in [-0.2, 0) is 9.53 Å². The molecule has 0 aromatic heterocycles. The van der Waals surface area contributed by atoms with E-state index in [4.69, 9.17) is 15.6 Å². The van der Waals surface area contributed by atoms with Gasteiger partial charge in [0, 0.05) is 13.2 Å². The van der Waals surface area contributed by atoms with Crippen LogP contribution in [0.15, 0.2) is 0 Å². The molecule has 1 saturated carbocycles. The van der Waals surface area contributed by atoms with Gasteiger partial charge in [0.05, 0.1) is 0 Å². The summed E-state index contributed by atoms with van der Waals surface area (Å²) in [6.07, 6.45) is 7.76. The number of carboxylic acid groups (broad SMARTS) is 1. The predicted molar refractivity (Wildman–Crippen MR) is 66.9 cm³/mol. The topological polar surface area (TPSA) is 72.5 Å². The number of hydrogen-bond donors (Lipinski definition) is 2. The van der Waals surface area contributed by atoms with Crippen LogP contribution < -0.4 is 5.73 Å². The van der Waals surface area contributed by atoms with Gasteiger partial charge in [0.1, 0.15) is 5.54 Å². The van der Waals surface area contributed by atoms with Gasteiger partial charge in [0.25, 0.3) is 0 Å². The van der Waals surface area contributed by atoms with Crippen molar-refractivity contribution in [1.29, 1.82) is 0 Å². The highest BCUT2D eigenvalue weighted by Gasteiger charge is 2.26. The summed E-state index contributed by atoms with van der Waals surface area (Å²) in [5, 5.41) is 8.84. The van der Waals surface area contributed by atoms with E-state index in [1.165, 1.54) is 32.1 Å². The molecule has 1 fully saturated rings. The monoisotopic (exact) mass is 243 g/mol. The maximum Gasteiger partial charge on any atom is 0.323 e. The molecule has 17 heavy (non-hydrogen) atoms. The van der Waals surface area contributed by atoms with Gasteiger partial charge in [-0.2, -0.15) is 0 Å². The molecule has 4 nitrogen and oxygen atoms in total. The Morgan fingerprint density at radius 2 is 2.06 bits per heavy atom. The van der Waals surface area contributed by atoms with Crippen LogP contribution in [0.1, 0.15) is 51.9 Å². The Morgan fingerprint density at radius 1 is 1.41 bits per heavy atom. The second-order valence-electron chi connectivity index (χ2n) is 5.41. The van der Waals surface area contributed by atoms with Crippen molar-refractivity contribution in [2.75, 3.05) is 13.2 Å². The molecule has 1 rings (SSSR count). The molecular weight excluding hydrogens is 218 g/mol. The molecule has 1 aliphatic carbocycles. The van der Waals surface area contributed by atoms with E-state index in [0.717, 1.165) is 6.61 Å². The minimum atomic E-state index is -1.12. The Hall–Kier alpha value is -0.610. The number of ether oxygens (including phenoxy) is 1. The standard InChI is InChI=1S/C13H25NO3/c1-13(14,12(15)16)8-5-9-17-10-11-6-3-2-4-7-11/h11H,2-10,14H2,1H3,(H,15,16). The first-order valence-corrected chi connectivity index (χ1v) is 6.62. The van der Waals surface area contributed by atoms with Crippen LogP contribution in [0.5, 0.6) is 0 Å². The summed E-state index contributed by atoms with van der Waals surface area (Å²) in [6.45, 7) is 3.00. The number of carbonyl (C=O) groups is 1. The highest BCUT2D eigenvalue weighted by molar-refractivity contribution is 5.77. The fraction of sp³-hybridized carbons (Fsp3) is 0.923. The average Bonchev–Trinajstić information content (AvgIpc) is 2.29. The first-order chi connectivity index (χ1) is 8.02. The van der Waals surface area contributed by atoms with E-state index in [9.17, 15) is 4.79 Å². The van der Waals surface area contributed by atoms with Gasteiger partial charge in [0.2, 0.25) is 0 Å². The van der Waals surface area contributed by atoms with Gasteiger partial charge in [-0.25, -0.2) is 0 Å². The quantitative estimate of drug-likeness (QED) is 0.672. The van der Waals surface area contributed by atoms with Crippen LogP contribution in [-0.4, -0.2) is 29.8 Å². The van der Waals surface area contributed by atoms with Crippen molar-refractivity contribution in [2.24, 2.45) is 11.7 Å². The Bertz CT molecular complexity index is 235. The van der Waals surface area contributed by atoms with Gasteiger partial charge in [-0.05, 0) is 38.5 Å². The Kier molecular flexibility index (Phi) is 5.92. The Labute approximate surface area is 104 Å². The SMILES string of the molecule is CC(N)(CCCOCC1CCCCC1)C(=O)O. The third-order valence-electron chi connectivity index (χ3n) is 3.55. The highest BCUT2D eigenvalue weighted by Crippen LogP contribution is 2.23. The molecule has 0 aromatic rings. The summed E-state index contributed by atoms with van der Waals surface area (Å²) < 4.78 is 5.60. The molecule has 0 spiro atoms. The van der Waals surface area contributed by atoms with E-state index in [-0.39, 0.29) is 0 Å². The molecule has 3 N–H and O–H groups in total. The van der Waals surface area contributed by atoms with Crippen molar-refractivity contribution in [3.05, 3.63) is 0 Å². The molecule has 0 bridgehead atoms. The molecule has 0 heterocycles. The summed E-state index contributed by atoms with van der Waals surface area (Å²) in [5.74, 6) is -0.225. The lowest BCUT2D eigenvalue weighted by atomic mass is 9.90. The minimum Gasteiger partial charge on any atom is -0.480 e. The van der Waals surface area contributed by atoms with Gasteiger partial charge in [-0.15, -0.1) is 0 Å². The molecule has 1 unspecified atom stereocenters. The van der Waals surface area contributed by atoms with Crippen molar-refractivity contribution in [2.45, 2.75) is 57.4 Å². The average molecular weight is 243 g/mol. The molecule has 0 aliphatic heterocycles. The Balaban J connectivity index is 2.02. The van der Waals surface area contributed by atoms with E-state index in [1.807, 2.05) is 0 Å². The van der Waals surface area contributed by atoms with Crippen LogP contribution in [0.3, 0.4) is 0 Å². The van der Waals surface area contributed by atoms with Crippen molar-refractivity contribution < 1.29 is 14.6 Å². The molecule has 1 aliphatic rings. The first kappa shape index (κ1) is 14.5. The second kappa shape index (κ2) is 6.97. The number of rotatable bonds is 7. The zero-order chi connectivity index (χ0) is 12.7. The van der Waals surface area contributed by atoms with Gasteiger partial charge < -0.3 is 15.6 Å². The lowest BCUT2D eigenvalue weighted by Crippen LogP contribution is -2.44. The largest absolute Gasteiger partial charge is 0.480 e. The van der Waals surface area contributed by atoms with Crippen molar-refractivity contribution in [3.8, 4) is 0 Å². The maximum absolute atomic E-state index is 10.8. The van der Waals surface area contributed by atoms with E-state index in [1.54, 1.807) is 6.92 Å². The molecule has 100 valence electrons. The van der Waals surface area contributed by atoms with E-state index >= 15 is 0 Å². The van der Waals surface area contributed by atoms with Gasteiger partial charge >= 0.3 is 5.97 Å². The van der Waals surface area contributed by atoms with E-state index in [0.29, 0.717) is 25.4 Å². The lowest BCUT2D eigenvalue weighted by Gasteiger charge is -2.22. The first-order valence-electron chi connectivity index (χ1n) is 6.62. The molecule has 0 amide bonds. The number of hydrogen-bond acceptors (Lipinski definition) is 3. The smallest absolute Gasteiger partial charge is 0.323 e. The van der Waals surface area contributed by atoms with Gasteiger partial charge in [-0.3, -0.25) is 4.79 Å². The lowest BCUT2D eigenvalue weighted by molar-refractivity contribution is -0.143. The van der Waals surface area contributed by atoms with Crippen molar-refractivity contribution >= 4 is 5.97 Å². The van der Waals surface area contributed by atoms with Crippen LogP contribution >= 0.6 is 0 Å². The normalized spacial score (nSPS) is 21.1. The predicted octanol–water partition coefficient (Wildman–Crippen LogP) is 2.17. The molecule has 0 saturated heterocycles. The van der Waals surface area contributed by atoms with E-state index in [2.05, 4.69) is 0 Å². The molecule has 1 atom stereocenters. The maximum atomic E-state index is 10.8. The number of aliphatic carboxylic acids is 1. The van der Waals surface area contributed by atoms with Crippen LogP contribution in [0.4, 0.5) is 0 Å². The van der Waals surface area contributed by atoms with Gasteiger partial charge in [0.15, 0.2) is 0 Å². The zero-order valence-corrected chi connectivity index (χ0v) is 10.8. The summed E-state index contributed by atoms with van der Waals surface area (Å²) in [5.41, 5.74) is 4.51. The fourth-order valence-corrected chi connectivity index (χ4v) is 2.25. The summed E-state index contributed by atoms with van der Waals surface area (Å²) in [7, 11) is 0. The zero-order valence-electron chi connectivity index (χ0n) is 10.8.